The maximum Gasteiger partial charge on any atom is 0.0816 e. The van der Waals surface area contributed by atoms with E-state index in [1.54, 1.807) is 0 Å². The van der Waals surface area contributed by atoms with Crippen LogP contribution in [0.4, 0.5) is 0 Å². The van der Waals surface area contributed by atoms with Crippen LogP contribution in [0.15, 0.2) is 0 Å². The summed E-state index contributed by atoms with van der Waals surface area (Å²) in [4.78, 5) is 0. The van der Waals surface area contributed by atoms with Crippen LogP contribution in [0.2, 0.25) is 0 Å². The average Bonchev–Trinajstić information content (AvgIpc) is 4.02. The first-order valence-electron chi connectivity index (χ1n) is 28.9. The summed E-state index contributed by atoms with van der Waals surface area (Å²) in [7, 11) is 35.6. The third kappa shape index (κ3) is 14.0. The first kappa shape index (κ1) is 52.5. The summed E-state index contributed by atoms with van der Waals surface area (Å²) in [5, 5.41) is 0. The van der Waals surface area contributed by atoms with Gasteiger partial charge in [-0.1, -0.05) is 13.8 Å². The molecule has 0 saturated carbocycles. The van der Waals surface area contributed by atoms with Crippen LogP contribution in [0, 0.1) is 82.9 Å². The second-order valence-corrected chi connectivity index (χ2v) is 31.0. The highest BCUT2D eigenvalue weighted by Crippen LogP contribution is 2.45. The Hall–Kier alpha value is -0.280. The predicted octanol–water partition coefficient (Wildman–Crippen LogP) is 8.74. The molecule has 0 aromatic carbocycles. The molecule has 7 nitrogen and oxygen atoms in total. The van der Waals surface area contributed by atoms with Crippen molar-refractivity contribution in [2.24, 2.45) is 82.9 Å². The molecule has 0 aromatic rings. The van der Waals surface area contributed by atoms with Crippen LogP contribution in [-0.4, -0.2) is 222 Å². The first-order chi connectivity index (χ1) is 30.1. The Morgan fingerprint density at radius 3 is 0.385 bits per heavy atom. The number of nitrogens with zero attached hydrogens (tertiary/aromatic N) is 7. The molecule has 0 aromatic heterocycles. The van der Waals surface area contributed by atoms with E-state index < -0.39 is 0 Å². The van der Waals surface area contributed by atoms with Crippen molar-refractivity contribution in [1.29, 1.82) is 0 Å². The summed E-state index contributed by atoms with van der Waals surface area (Å²) in [5.74, 6) is 13.2. The zero-order valence-corrected chi connectivity index (χ0v) is 47.0. The van der Waals surface area contributed by atoms with E-state index in [4.69, 9.17) is 0 Å². The average molecular weight is 914 g/mol. The van der Waals surface area contributed by atoms with E-state index in [0.717, 1.165) is 82.9 Å². The van der Waals surface area contributed by atoms with Gasteiger partial charge in [0.25, 0.3) is 0 Å². The Bertz CT molecular complexity index is 1420. The standard InChI is InChI=1S/C58H118N7/c1-17-45-31-59(3,4)33-47(45)19-21-49-35-61(7,8)37-51(49)23-25-53-39-63(11,12)41-55(53)27-29-57-43-65(15,16)44-58(57)30-28-56-42-64(13,14)40-54(56)26-24-52-38-62(9,10)36-50(52)22-20-48-34-60(5,6)32-46(48)18-2/h45-58H,17-44H2,1-16H3/q+7. The van der Waals surface area contributed by atoms with Crippen LogP contribution in [0.1, 0.15) is 104 Å². The molecule has 7 heterocycles. The van der Waals surface area contributed by atoms with E-state index in [2.05, 4.69) is 113 Å². The lowest BCUT2D eigenvalue weighted by Gasteiger charge is -2.24. The van der Waals surface area contributed by atoms with E-state index in [0.29, 0.717) is 0 Å². The lowest BCUT2D eigenvalue weighted by molar-refractivity contribution is -0.881. The second-order valence-electron chi connectivity index (χ2n) is 31.0. The third-order valence-corrected chi connectivity index (χ3v) is 21.4. The van der Waals surface area contributed by atoms with Crippen molar-refractivity contribution >= 4 is 0 Å². The van der Waals surface area contributed by atoms with Crippen molar-refractivity contribution in [2.45, 2.75) is 104 Å². The van der Waals surface area contributed by atoms with Crippen molar-refractivity contribution < 1.29 is 31.4 Å². The molecule has 0 N–H and O–H groups in total. The van der Waals surface area contributed by atoms with Crippen LogP contribution < -0.4 is 0 Å². The molecule has 7 heteroatoms. The van der Waals surface area contributed by atoms with Gasteiger partial charge in [-0.2, -0.15) is 0 Å². The fourth-order valence-electron chi connectivity index (χ4n) is 18.9. The molecule has 0 radical (unpaired) electrons. The predicted molar refractivity (Wildman–Crippen MR) is 278 cm³/mol. The number of quaternary nitrogens is 7. The largest absolute Gasteiger partial charge is 0.328 e. The van der Waals surface area contributed by atoms with Crippen molar-refractivity contribution in [2.75, 3.05) is 190 Å². The van der Waals surface area contributed by atoms with Crippen molar-refractivity contribution in [1.82, 2.24) is 0 Å². The molecule has 0 aliphatic carbocycles. The summed E-state index contributed by atoms with van der Waals surface area (Å²) in [6.45, 7) is 24.8. The van der Waals surface area contributed by atoms with Crippen LogP contribution in [0.3, 0.4) is 0 Å². The first-order valence-corrected chi connectivity index (χ1v) is 28.9. The molecule has 7 fully saturated rings. The van der Waals surface area contributed by atoms with Gasteiger partial charge in [-0.15, -0.1) is 0 Å². The Balaban J connectivity index is 0.908. The summed E-state index contributed by atoms with van der Waals surface area (Å²) in [6.07, 6.45) is 20.7. The van der Waals surface area contributed by atoms with Gasteiger partial charge in [-0.05, 0) is 89.9 Å². The fraction of sp³-hybridized carbons (Fsp3) is 1.00. The molecule has 7 rings (SSSR count). The SMILES string of the molecule is CCC1C[N+](C)(C)CC1CCC1C[N+](C)(C)CC1CCC1C[N+](C)(C)CC1CCC1C[N+](C)(C)CC1CCC1C[N+](C)(C)CC1CCC1C[N+](C)(C)CC1CCC1C[N+](C)(C)CC1CC. The molecule has 14 atom stereocenters. The quantitative estimate of drug-likeness (QED) is 0.107. The molecule has 0 bridgehead atoms. The Labute approximate surface area is 406 Å². The van der Waals surface area contributed by atoms with Gasteiger partial charge in [0.1, 0.15) is 0 Å². The van der Waals surface area contributed by atoms with Gasteiger partial charge in [0.05, 0.1) is 190 Å². The van der Waals surface area contributed by atoms with Crippen LogP contribution in [-0.2, 0) is 0 Å². The molecule has 378 valence electrons. The van der Waals surface area contributed by atoms with Crippen molar-refractivity contribution in [3.8, 4) is 0 Å². The van der Waals surface area contributed by atoms with Gasteiger partial charge in [0.2, 0.25) is 0 Å². The minimum atomic E-state index is 0.934. The zero-order chi connectivity index (χ0) is 47.4. The monoisotopic (exact) mass is 913 g/mol. The number of rotatable bonds is 20. The molecule has 7 saturated heterocycles. The summed E-state index contributed by atoms with van der Waals surface area (Å²) < 4.78 is 8.83. The summed E-state index contributed by atoms with van der Waals surface area (Å²) in [5.41, 5.74) is 0. The number of hydrogen-bond donors (Lipinski definition) is 0. The van der Waals surface area contributed by atoms with Gasteiger partial charge in [-0.25, -0.2) is 0 Å². The van der Waals surface area contributed by atoms with E-state index in [1.807, 2.05) is 0 Å². The van der Waals surface area contributed by atoms with Gasteiger partial charge in [0, 0.05) is 82.9 Å². The number of likely N-dealkylation sites (tertiary alicyclic amines) is 7. The molecule has 0 spiro atoms. The minimum absolute atomic E-state index is 0.934. The topological polar surface area (TPSA) is 0 Å². The van der Waals surface area contributed by atoms with Gasteiger partial charge in [-0.3, -0.25) is 0 Å². The molecule has 7 aliphatic rings. The Morgan fingerprint density at radius 2 is 0.277 bits per heavy atom. The molecular weight excluding hydrogens is 795 g/mol. The molecule has 7 aliphatic heterocycles. The maximum absolute atomic E-state index is 2.57. The molecule has 65 heavy (non-hydrogen) atoms. The Morgan fingerprint density at radius 1 is 0.185 bits per heavy atom. The highest BCUT2D eigenvalue weighted by atomic mass is 15.4. The summed E-state index contributed by atoms with van der Waals surface area (Å²) >= 11 is 0. The van der Waals surface area contributed by atoms with Crippen molar-refractivity contribution in [3.05, 3.63) is 0 Å². The van der Waals surface area contributed by atoms with E-state index >= 15 is 0 Å². The molecule has 0 amide bonds. The fourth-order valence-corrected chi connectivity index (χ4v) is 18.9. The molecule has 14 unspecified atom stereocenters. The maximum atomic E-state index is 2.57. The van der Waals surface area contributed by atoms with Crippen LogP contribution >= 0.6 is 0 Å². The van der Waals surface area contributed by atoms with Gasteiger partial charge < -0.3 is 31.4 Å². The van der Waals surface area contributed by atoms with E-state index in [1.165, 1.54) is 213 Å². The lowest BCUT2D eigenvalue weighted by atomic mass is 9.77. The summed E-state index contributed by atoms with van der Waals surface area (Å²) in [6, 6.07) is 0. The zero-order valence-electron chi connectivity index (χ0n) is 47.0. The van der Waals surface area contributed by atoms with Gasteiger partial charge >= 0.3 is 0 Å². The van der Waals surface area contributed by atoms with Gasteiger partial charge in [0.15, 0.2) is 0 Å². The van der Waals surface area contributed by atoms with Crippen LogP contribution in [0.5, 0.6) is 0 Å². The van der Waals surface area contributed by atoms with Crippen LogP contribution in [0.25, 0.3) is 0 Å². The minimum Gasteiger partial charge on any atom is -0.328 e. The Kier molecular flexibility index (Phi) is 16.2. The smallest absolute Gasteiger partial charge is 0.0816 e. The van der Waals surface area contributed by atoms with E-state index in [9.17, 15) is 0 Å². The normalized spacial score (nSPS) is 42.1. The highest BCUT2D eigenvalue weighted by molar-refractivity contribution is 4.87. The van der Waals surface area contributed by atoms with Crippen molar-refractivity contribution in [3.63, 3.8) is 0 Å². The number of hydrogen-bond acceptors (Lipinski definition) is 0. The second kappa shape index (κ2) is 20.1. The highest BCUT2D eigenvalue weighted by Gasteiger charge is 2.49. The third-order valence-electron chi connectivity index (χ3n) is 21.4. The lowest BCUT2D eigenvalue weighted by Crippen LogP contribution is -2.37. The van der Waals surface area contributed by atoms with E-state index in [-0.39, 0.29) is 0 Å². The molecular formula is C58H118N7+7.